The Morgan fingerprint density at radius 1 is 1.17 bits per heavy atom. The van der Waals surface area contributed by atoms with Crippen LogP contribution in [0, 0.1) is 5.92 Å². The highest BCUT2D eigenvalue weighted by molar-refractivity contribution is 5.73. The van der Waals surface area contributed by atoms with Crippen molar-refractivity contribution in [2.45, 2.75) is 45.2 Å². The third-order valence-corrected chi connectivity index (χ3v) is 2.58. The highest BCUT2D eigenvalue weighted by Crippen LogP contribution is 2.04. The minimum atomic E-state index is -0.955. The number of nitrogens with two attached hydrogens (primary N) is 3. The maximum atomic E-state index is 10.2. The van der Waals surface area contributed by atoms with Crippen molar-refractivity contribution >= 4 is 11.9 Å². The molecule has 0 aromatic heterocycles. The van der Waals surface area contributed by atoms with Crippen LogP contribution in [0.3, 0.4) is 0 Å². The minimum Gasteiger partial charge on any atom is -0.480 e. The molecule has 3 atom stereocenters. The predicted molar refractivity (Wildman–Crippen MR) is 69.0 cm³/mol. The molecule has 1 unspecified atom stereocenters. The molecule has 8 N–H and O–H groups in total. The average Bonchev–Trinajstić information content (AvgIpc) is 2.34. The third-order valence-electron chi connectivity index (χ3n) is 2.58. The van der Waals surface area contributed by atoms with Gasteiger partial charge in [-0.1, -0.05) is 20.3 Å². The number of aliphatic carboxylic acids is 2. The zero-order valence-electron chi connectivity index (χ0n) is 11.0. The van der Waals surface area contributed by atoms with Gasteiger partial charge >= 0.3 is 11.9 Å². The Bertz CT molecular complexity index is 248. The van der Waals surface area contributed by atoms with Gasteiger partial charge in [0, 0.05) is 0 Å². The van der Waals surface area contributed by atoms with Crippen molar-refractivity contribution < 1.29 is 19.8 Å². The molecule has 0 heterocycles. The quantitative estimate of drug-likeness (QED) is 0.418. The summed E-state index contributed by atoms with van der Waals surface area (Å²) in [5, 5.41) is 16.6. The molecule has 0 spiro atoms. The summed E-state index contributed by atoms with van der Waals surface area (Å²) in [6.07, 6.45) is 1.95. The van der Waals surface area contributed by atoms with Crippen LogP contribution in [-0.2, 0) is 9.59 Å². The minimum absolute atomic E-state index is 0.0718. The van der Waals surface area contributed by atoms with Crippen molar-refractivity contribution in [3.05, 3.63) is 0 Å². The van der Waals surface area contributed by atoms with Crippen molar-refractivity contribution in [2.24, 2.45) is 23.1 Å². The van der Waals surface area contributed by atoms with E-state index in [0.29, 0.717) is 19.4 Å². The normalized spacial score (nSPS) is 14.9. The number of hydrogen-bond acceptors (Lipinski definition) is 5. The lowest BCUT2D eigenvalue weighted by molar-refractivity contribution is -0.140. The average molecular weight is 263 g/mol. The van der Waals surface area contributed by atoms with Crippen LogP contribution in [0.1, 0.15) is 33.1 Å². The molecule has 0 radical (unpaired) electrons. The van der Waals surface area contributed by atoms with E-state index < -0.39 is 24.0 Å². The van der Waals surface area contributed by atoms with E-state index in [9.17, 15) is 9.59 Å². The first-order chi connectivity index (χ1) is 8.27. The molecule has 0 saturated heterocycles. The van der Waals surface area contributed by atoms with Crippen molar-refractivity contribution in [3.8, 4) is 0 Å². The van der Waals surface area contributed by atoms with Crippen LogP contribution in [0.5, 0.6) is 0 Å². The summed E-state index contributed by atoms with van der Waals surface area (Å²) in [5.74, 6) is -1.80. The second-order valence-electron chi connectivity index (χ2n) is 4.13. The van der Waals surface area contributed by atoms with Crippen molar-refractivity contribution in [2.75, 3.05) is 6.54 Å². The van der Waals surface area contributed by atoms with E-state index in [4.69, 9.17) is 27.4 Å². The van der Waals surface area contributed by atoms with Crippen LogP contribution in [0.4, 0.5) is 0 Å². The molecule has 0 aliphatic rings. The monoisotopic (exact) mass is 263 g/mol. The van der Waals surface area contributed by atoms with E-state index in [1.165, 1.54) is 0 Å². The Kier molecular flexibility index (Phi) is 11.7. The van der Waals surface area contributed by atoms with E-state index in [2.05, 4.69) is 0 Å². The van der Waals surface area contributed by atoms with E-state index in [1.807, 2.05) is 13.8 Å². The van der Waals surface area contributed by atoms with Gasteiger partial charge in [0.1, 0.15) is 12.1 Å². The zero-order chi connectivity index (χ0) is 14.7. The Hall–Kier alpha value is -1.18. The van der Waals surface area contributed by atoms with Crippen LogP contribution >= 0.6 is 0 Å². The lowest BCUT2D eigenvalue weighted by Crippen LogP contribution is -2.36. The van der Waals surface area contributed by atoms with Gasteiger partial charge in [0.2, 0.25) is 0 Å². The van der Waals surface area contributed by atoms with Gasteiger partial charge in [0.05, 0.1) is 0 Å². The topological polar surface area (TPSA) is 153 Å². The second kappa shape index (κ2) is 10.9. The highest BCUT2D eigenvalue weighted by Gasteiger charge is 2.17. The van der Waals surface area contributed by atoms with Gasteiger partial charge in [-0.2, -0.15) is 0 Å². The Morgan fingerprint density at radius 3 is 1.89 bits per heavy atom. The predicted octanol–water partition coefficient (Wildman–Crippen LogP) is -0.418. The van der Waals surface area contributed by atoms with E-state index >= 15 is 0 Å². The number of hydrogen-bond donors (Lipinski definition) is 5. The summed E-state index contributed by atoms with van der Waals surface area (Å²) in [5.41, 5.74) is 15.5. The lowest BCUT2D eigenvalue weighted by Gasteiger charge is -2.11. The molecule has 7 nitrogen and oxygen atoms in total. The maximum absolute atomic E-state index is 10.2. The van der Waals surface area contributed by atoms with Crippen LogP contribution in [-0.4, -0.2) is 40.8 Å². The summed E-state index contributed by atoms with van der Waals surface area (Å²) in [4.78, 5) is 20.2. The van der Waals surface area contributed by atoms with Crippen LogP contribution in [0.2, 0.25) is 0 Å². The van der Waals surface area contributed by atoms with Crippen molar-refractivity contribution in [1.29, 1.82) is 0 Å². The van der Waals surface area contributed by atoms with Gasteiger partial charge in [-0.3, -0.25) is 9.59 Å². The smallest absolute Gasteiger partial charge is 0.320 e. The van der Waals surface area contributed by atoms with Crippen LogP contribution in [0.15, 0.2) is 0 Å². The van der Waals surface area contributed by atoms with Gasteiger partial charge in [-0.25, -0.2) is 0 Å². The Labute approximate surface area is 107 Å². The van der Waals surface area contributed by atoms with Crippen molar-refractivity contribution in [3.63, 3.8) is 0 Å². The molecular formula is C11H25N3O4. The molecular weight excluding hydrogens is 238 g/mol. The van der Waals surface area contributed by atoms with Gasteiger partial charge in [-0.15, -0.1) is 0 Å². The fourth-order valence-electron chi connectivity index (χ4n) is 0.959. The first-order valence-corrected chi connectivity index (χ1v) is 5.94. The number of carbonyl (C=O) groups is 2. The molecule has 0 rings (SSSR count). The number of carboxylic acid groups (broad SMARTS) is 2. The second-order valence-corrected chi connectivity index (χ2v) is 4.13. The SMILES string of the molecule is CCC(C)[C@H](N)C(=O)O.NCCC[C@H](N)C(=O)O. The fourth-order valence-corrected chi connectivity index (χ4v) is 0.959. The summed E-state index contributed by atoms with van der Waals surface area (Å²) < 4.78 is 0. The summed E-state index contributed by atoms with van der Waals surface area (Å²) in [6, 6.07) is -1.44. The highest BCUT2D eigenvalue weighted by atomic mass is 16.4. The molecule has 0 aromatic carbocycles. The molecule has 18 heavy (non-hydrogen) atoms. The fraction of sp³-hybridized carbons (Fsp3) is 0.818. The van der Waals surface area contributed by atoms with Gasteiger partial charge in [-0.05, 0) is 25.3 Å². The van der Waals surface area contributed by atoms with E-state index in [1.54, 1.807) is 0 Å². The summed E-state index contributed by atoms with van der Waals surface area (Å²) in [6.45, 7) is 4.26. The maximum Gasteiger partial charge on any atom is 0.320 e. The van der Waals surface area contributed by atoms with Gasteiger partial charge in [0.15, 0.2) is 0 Å². The number of carboxylic acids is 2. The van der Waals surface area contributed by atoms with E-state index in [-0.39, 0.29) is 5.92 Å². The largest absolute Gasteiger partial charge is 0.480 e. The van der Waals surface area contributed by atoms with E-state index in [0.717, 1.165) is 6.42 Å². The first-order valence-electron chi connectivity index (χ1n) is 5.94. The summed E-state index contributed by atoms with van der Waals surface area (Å²) >= 11 is 0. The molecule has 0 fully saturated rings. The molecule has 7 heteroatoms. The summed E-state index contributed by atoms with van der Waals surface area (Å²) in [7, 11) is 0. The van der Waals surface area contributed by atoms with Gasteiger partial charge in [0.25, 0.3) is 0 Å². The molecule has 0 aliphatic heterocycles. The number of rotatable bonds is 7. The lowest BCUT2D eigenvalue weighted by atomic mass is 10.0. The zero-order valence-corrected chi connectivity index (χ0v) is 11.0. The third kappa shape index (κ3) is 10.0. The molecule has 0 bridgehead atoms. The van der Waals surface area contributed by atoms with Crippen LogP contribution < -0.4 is 17.2 Å². The molecule has 0 saturated carbocycles. The molecule has 0 aliphatic carbocycles. The molecule has 0 aromatic rings. The molecule has 108 valence electrons. The van der Waals surface area contributed by atoms with Crippen LogP contribution in [0.25, 0.3) is 0 Å². The molecule has 0 amide bonds. The first kappa shape index (κ1) is 19.2. The Morgan fingerprint density at radius 2 is 1.67 bits per heavy atom. The Balaban J connectivity index is 0. The van der Waals surface area contributed by atoms with Gasteiger partial charge < -0.3 is 27.4 Å². The van der Waals surface area contributed by atoms with Crippen molar-refractivity contribution in [1.82, 2.24) is 0 Å². The standard InChI is InChI=1S/C6H13NO2.C5H12N2O2/c1-3-4(2)5(7)6(8)9;6-3-1-2-4(7)5(8)9/h4-5H,3,7H2,1-2H3,(H,8,9);4H,1-3,6-7H2,(H,8,9)/t4?,5-;4-/m00/s1.